The molecular weight excluding hydrogens is 500 g/mol. The molecule has 1 N–H and O–H groups in total. The van der Waals surface area contributed by atoms with Crippen molar-refractivity contribution in [2.45, 2.75) is 57.4 Å². The van der Waals surface area contributed by atoms with Crippen LogP contribution in [0.25, 0.3) is 0 Å². The predicted octanol–water partition coefficient (Wildman–Crippen LogP) is 6.23. The Morgan fingerprint density at radius 2 is 1.69 bits per heavy atom. The number of hydrogen-bond acceptors (Lipinski definition) is 4. The maximum Gasteiger partial charge on any atom is 0.416 e. The second-order valence-electron chi connectivity index (χ2n) is 9.35. The molecule has 9 heteroatoms. The molecule has 0 amide bonds. The lowest BCUT2D eigenvalue weighted by Gasteiger charge is -2.39. The number of hydrogen-bond donors (Lipinski definition) is 1. The van der Waals surface area contributed by atoms with E-state index in [0.29, 0.717) is 37.8 Å². The number of piperidine rings is 1. The highest BCUT2D eigenvalue weighted by molar-refractivity contribution is 5.85. The Balaban J connectivity index is 0.00000306. The monoisotopic (exact) mass is 536 g/mol. The fourth-order valence-electron chi connectivity index (χ4n) is 4.19. The molecular formula is C26H37Cl2F3N2O2. The van der Waals surface area contributed by atoms with E-state index in [2.05, 4.69) is 9.80 Å². The van der Waals surface area contributed by atoms with E-state index in [9.17, 15) is 18.3 Å². The van der Waals surface area contributed by atoms with Gasteiger partial charge >= 0.3 is 6.18 Å². The van der Waals surface area contributed by atoms with E-state index in [4.69, 9.17) is 4.74 Å². The Labute approximate surface area is 219 Å². The van der Waals surface area contributed by atoms with Crippen molar-refractivity contribution in [3.63, 3.8) is 0 Å². The number of ether oxygens (including phenoxy) is 1. The van der Waals surface area contributed by atoms with Crippen LogP contribution < -0.4 is 9.64 Å². The van der Waals surface area contributed by atoms with Gasteiger partial charge in [0.2, 0.25) is 0 Å². The summed E-state index contributed by atoms with van der Waals surface area (Å²) < 4.78 is 44.4. The first kappa shape index (κ1) is 31.4. The third kappa shape index (κ3) is 9.71. The molecule has 198 valence electrons. The van der Waals surface area contributed by atoms with Gasteiger partial charge in [-0.2, -0.15) is 13.2 Å². The molecule has 0 atom stereocenters. The standard InChI is InChI=1S/C26H35F3N2O2.2ClH/c1-20(2)33-24-9-7-23(8-10-24)30(3)16-12-25(32)13-17-31(18-14-25)15-11-21-5-4-6-22(19-21)26(27,28)29;;/h4-10,19-20,32H,11-18H2,1-3H3;2*1H. The van der Waals surface area contributed by atoms with Crippen LogP contribution in [0.5, 0.6) is 5.75 Å². The number of benzene rings is 2. The smallest absolute Gasteiger partial charge is 0.416 e. The fourth-order valence-corrected chi connectivity index (χ4v) is 4.19. The van der Waals surface area contributed by atoms with Gasteiger partial charge in [-0.05, 0) is 75.4 Å². The van der Waals surface area contributed by atoms with Crippen molar-refractivity contribution in [3.8, 4) is 5.75 Å². The maximum absolute atomic E-state index is 12.9. The molecule has 2 aromatic rings. The fraction of sp³-hybridized carbons (Fsp3) is 0.538. The van der Waals surface area contributed by atoms with Gasteiger partial charge < -0.3 is 19.6 Å². The Bertz CT molecular complexity index is 887. The Morgan fingerprint density at radius 3 is 2.26 bits per heavy atom. The van der Waals surface area contributed by atoms with E-state index in [-0.39, 0.29) is 30.9 Å². The molecule has 0 aliphatic carbocycles. The van der Waals surface area contributed by atoms with Gasteiger partial charge in [-0.1, -0.05) is 18.2 Å². The summed E-state index contributed by atoms with van der Waals surface area (Å²) in [6.45, 7) is 6.93. The summed E-state index contributed by atoms with van der Waals surface area (Å²) >= 11 is 0. The molecule has 1 saturated heterocycles. The van der Waals surface area contributed by atoms with Gasteiger partial charge in [0.05, 0.1) is 17.3 Å². The Morgan fingerprint density at radius 1 is 1.06 bits per heavy atom. The topological polar surface area (TPSA) is 35.9 Å². The van der Waals surface area contributed by atoms with Crippen molar-refractivity contribution in [1.82, 2.24) is 4.90 Å². The highest BCUT2D eigenvalue weighted by atomic mass is 35.5. The van der Waals surface area contributed by atoms with Crippen molar-refractivity contribution in [3.05, 3.63) is 59.7 Å². The zero-order chi connectivity index (χ0) is 24.1. The van der Waals surface area contributed by atoms with E-state index in [1.807, 2.05) is 45.2 Å². The minimum atomic E-state index is -4.31. The summed E-state index contributed by atoms with van der Waals surface area (Å²) in [6.07, 6.45) is -1.58. The van der Waals surface area contributed by atoms with Crippen LogP contribution in [0.15, 0.2) is 48.5 Å². The Hall–Kier alpha value is -1.67. The molecule has 1 fully saturated rings. The van der Waals surface area contributed by atoms with Gasteiger partial charge in [0, 0.05) is 38.9 Å². The van der Waals surface area contributed by atoms with Crippen LogP contribution >= 0.6 is 24.8 Å². The van der Waals surface area contributed by atoms with E-state index >= 15 is 0 Å². The lowest BCUT2D eigenvalue weighted by Crippen LogP contribution is -2.46. The van der Waals surface area contributed by atoms with Gasteiger partial charge in [-0.25, -0.2) is 0 Å². The van der Waals surface area contributed by atoms with Crippen LogP contribution in [0.2, 0.25) is 0 Å². The van der Waals surface area contributed by atoms with E-state index in [1.54, 1.807) is 6.07 Å². The third-order valence-electron chi connectivity index (χ3n) is 6.32. The molecule has 0 aromatic heterocycles. The molecule has 2 aromatic carbocycles. The highest BCUT2D eigenvalue weighted by Gasteiger charge is 2.32. The number of likely N-dealkylation sites (tertiary alicyclic amines) is 1. The average molecular weight is 537 g/mol. The molecule has 3 rings (SSSR count). The van der Waals surface area contributed by atoms with Crippen molar-refractivity contribution in [1.29, 1.82) is 0 Å². The van der Waals surface area contributed by atoms with Crippen LogP contribution in [0.4, 0.5) is 18.9 Å². The van der Waals surface area contributed by atoms with Crippen molar-refractivity contribution < 1.29 is 23.0 Å². The number of rotatable bonds is 9. The first-order valence-electron chi connectivity index (χ1n) is 11.6. The summed E-state index contributed by atoms with van der Waals surface area (Å²) in [5.41, 5.74) is 0.464. The minimum Gasteiger partial charge on any atom is -0.491 e. The number of anilines is 1. The molecule has 0 spiro atoms. The third-order valence-corrected chi connectivity index (χ3v) is 6.32. The van der Waals surface area contributed by atoms with Crippen LogP contribution in [0, 0.1) is 0 Å². The zero-order valence-corrected chi connectivity index (χ0v) is 22.2. The first-order valence-corrected chi connectivity index (χ1v) is 11.6. The van der Waals surface area contributed by atoms with E-state index in [1.165, 1.54) is 12.1 Å². The predicted molar refractivity (Wildman–Crippen MR) is 140 cm³/mol. The summed E-state index contributed by atoms with van der Waals surface area (Å²) in [6, 6.07) is 13.5. The van der Waals surface area contributed by atoms with Gasteiger partial charge in [0.25, 0.3) is 0 Å². The molecule has 0 saturated carbocycles. The summed E-state index contributed by atoms with van der Waals surface area (Å²) in [4.78, 5) is 4.36. The van der Waals surface area contributed by atoms with Gasteiger partial charge in [-0.3, -0.25) is 0 Å². The van der Waals surface area contributed by atoms with Gasteiger partial charge in [-0.15, -0.1) is 24.8 Å². The van der Waals surface area contributed by atoms with Crippen LogP contribution in [-0.4, -0.2) is 54.9 Å². The summed E-state index contributed by atoms with van der Waals surface area (Å²) in [5.74, 6) is 0.846. The summed E-state index contributed by atoms with van der Waals surface area (Å²) in [5, 5.41) is 11.0. The molecule has 1 aliphatic heterocycles. The SMILES string of the molecule is CC(C)Oc1ccc(N(C)CCC2(O)CCN(CCc3cccc(C(F)(F)F)c3)CC2)cc1.Cl.Cl. The lowest BCUT2D eigenvalue weighted by molar-refractivity contribution is -0.137. The van der Waals surface area contributed by atoms with Crippen LogP contribution in [0.1, 0.15) is 44.2 Å². The minimum absolute atomic E-state index is 0. The number of nitrogens with zero attached hydrogens (tertiary/aromatic N) is 2. The first-order chi connectivity index (χ1) is 15.5. The zero-order valence-electron chi connectivity index (χ0n) is 20.6. The largest absolute Gasteiger partial charge is 0.491 e. The molecule has 0 unspecified atom stereocenters. The van der Waals surface area contributed by atoms with Crippen molar-refractivity contribution >= 4 is 30.5 Å². The number of halogens is 5. The number of aliphatic hydroxyl groups is 1. The van der Waals surface area contributed by atoms with Crippen LogP contribution in [0.3, 0.4) is 0 Å². The lowest BCUT2D eigenvalue weighted by atomic mass is 9.88. The molecule has 1 heterocycles. The van der Waals surface area contributed by atoms with Crippen molar-refractivity contribution in [2.75, 3.05) is 38.1 Å². The highest BCUT2D eigenvalue weighted by Crippen LogP contribution is 2.30. The van der Waals surface area contributed by atoms with E-state index in [0.717, 1.165) is 37.1 Å². The second-order valence-corrected chi connectivity index (χ2v) is 9.35. The quantitative estimate of drug-likeness (QED) is 0.412. The molecule has 35 heavy (non-hydrogen) atoms. The normalized spacial score (nSPS) is 15.8. The van der Waals surface area contributed by atoms with Crippen LogP contribution in [-0.2, 0) is 12.6 Å². The van der Waals surface area contributed by atoms with E-state index < -0.39 is 17.3 Å². The van der Waals surface area contributed by atoms with Crippen molar-refractivity contribution in [2.24, 2.45) is 0 Å². The number of alkyl halides is 3. The summed E-state index contributed by atoms with van der Waals surface area (Å²) in [7, 11) is 2.02. The molecule has 4 nitrogen and oxygen atoms in total. The van der Waals surface area contributed by atoms with Gasteiger partial charge in [0.15, 0.2) is 0 Å². The maximum atomic E-state index is 12.9. The average Bonchev–Trinajstić information content (AvgIpc) is 2.77. The second kappa shape index (κ2) is 13.6. The Kier molecular flexibility index (Phi) is 12.2. The van der Waals surface area contributed by atoms with Gasteiger partial charge in [0.1, 0.15) is 5.75 Å². The molecule has 0 bridgehead atoms. The molecule has 0 radical (unpaired) electrons. The molecule has 1 aliphatic rings.